The van der Waals surface area contributed by atoms with E-state index in [-0.39, 0.29) is 12.0 Å². The van der Waals surface area contributed by atoms with Gasteiger partial charge >= 0.3 is 12.0 Å². The minimum Gasteiger partial charge on any atom is -0.493 e. The van der Waals surface area contributed by atoms with Gasteiger partial charge in [0, 0.05) is 13.1 Å². The van der Waals surface area contributed by atoms with Gasteiger partial charge in [0.15, 0.2) is 11.5 Å². The summed E-state index contributed by atoms with van der Waals surface area (Å²) in [5.74, 6) is 1.04. The number of ether oxygens (including phenoxy) is 3. The second-order valence-corrected chi connectivity index (χ2v) is 6.20. The Bertz CT molecular complexity index is 805. The Hall–Kier alpha value is -3.22. The number of nitrogens with one attached hydrogen (secondary N) is 2. The van der Waals surface area contributed by atoms with Crippen LogP contribution >= 0.6 is 0 Å². The first-order valence-electron chi connectivity index (χ1n) is 9.64. The lowest BCUT2D eigenvalue weighted by molar-refractivity contribution is 0.0526. The zero-order valence-electron chi connectivity index (χ0n) is 17.1. The van der Waals surface area contributed by atoms with Crippen molar-refractivity contribution in [2.24, 2.45) is 0 Å². The average molecular weight is 400 g/mol. The predicted octanol–water partition coefficient (Wildman–Crippen LogP) is 3.31. The van der Waals surface area contributed by atoms with Crippen LogP contribution in [-0.2, 0) is 17.7 Å². The fraction of sp³-hybridized carbons (Fsp3) is 0.364. The zero-order chi connectivity index (χ0) is 21.1. The van der Waals surface area contributed by atoms with Gasteiger partial charge in [-0.25, -0.2) is 9.59 Å². The summed E-state index contributed by atoms with van der Waals surface area (Å²) in [7, 11) is 1.60. The van der Waals surface area contributed by atoms with E-state index < -0.39 is 0 Å². The monoisotopic (exact) mass is 400 g/mol. The highest BCUT2D eigenvalue weighted by atomic mass is 16.5. The van der Waals surface area contributed by atoms with Crippen LogP contribution in [0.5, 0.6) is 11.5 Å². The third-order valence-corrected chi connectivity index (χ3v) is 4.15. The van der Waals surface area contributed by atoms with E-state index in [2.05, 4.69) is 10.6 Å². The Kier molecular flexibility index (Phi) is 8.82. The molecule has 2 aromatic rings. The van der Waals surface area contributed by atoms with Gasteiger partial charge in [-0.3, -0.25) is 0 Å². The number of rotatable bonds is 10. The Morgan fingerprint density at radius 1 is 0.897 bits per heavy atom. The van der Waals surface area contributed by atoms with E-state index >= 15 is 0 Å². The lowest BCUT2D eigenvalue weighted by Crippen LogP contribution is -2.36. The Labute approximate surface area is 171 Å². The summed E-state index contributed by atoms with van der Waals surface area (Å²) in [6, 6.07) is 12.4. The second kappa shape index (κ2) is 11.6. The van der Waals surface area contributed by atoms with Crippen molar-refractivity contribution < 1.29 is 23.8 Å². The molecule has 0 aromatic heterocycles. The van der Waals surface area contributed by atoms with Gasteiger partial charge in [-0.1, -0.05) is 18.2 Å². The fourth-order valence-corrected chi connectivity index (χ4v) is 2.68. The largest absolute Gasteiger partial charge is 0.493 e. The van der Waals surface area contributed by atoms with Gasteiger partial charge < -0.3 is 24.8 Å². The maximum atomic E-state index is 12.0. The predicted molar refractivity (Wildman–Crippen MR) is 111 cm³/mol. The highest BCUT2D eigenvalue weighted by Gasteiger charge is 2.07. The Morgan fingerprint density at radius 3 is 2.28 bits per heavy atom. The molecule has 0 bridgehead atoms. The lowest BCUT2D eigenvalue weighted by Gasteiger charge is -2.12. The molecule has 2 N–H and O–H groups in total. The number of methoxy groups -OCH3 is 1. The van der Waals surface area contributed by atoms with Gasteiger partial charge in [-0.15, -0.1) is 0 Å². The Balaban J connectivity index is 1.75. The molecule has 0 aliphatic rings. The van der Waals surface area contributed by atoms with Gasteiger partial charge in [-0.2, -0.15) is 0 Å². The number of benzene rings is 2. The summed E-state index contributed by atoms with van der Waals surface area (Å²) < 4.78 is 15.8. The summed E-state index contributed by atoms with van der Waals surface area (Å²) in [5.41, 5.74) is 2.43. The number of amides is 2. The van der Waals surface area contributed by atoms with Crippen molar-refractivity contribution in [1.82, 2.24) is 10.6 Å². The molecule has 2 amide bonds. The standard InChI is InChI=1S/C22H28N2O5/c1-4-28-19-11-8-16(14-20(19)27-3)12-13-23-22(26)24-15-17-6-9-18(10-7-17)21(25)29-5-2/h6-11,14H,4-5,12-13,15H2,1-3H3,(H2,23,24,26). The number of carbonyl (C=O) groups excluding carboxylic acids is 2. The molecule has 7 heteroatoms. The van der Waals surface area contributed by atoms with Crippen molar-refractivity contribution in [3.63, 3.8) is 0 Å². The van der Waals surface area contributed by atoms with E-state index in [9.17, 15) is 9.59 Å². The van der Waals surface area contributed by atoms with Crippen molar-refractivity contribution in [1.29, 1.82) is 0 Å². The molecule has 0 heterocycles. The molecule has 0 spiro atoms. The van der Waals surface area contributed by atoms with E-state index in [1.165, 1.54) is 0 Å². The Morgan fingerprint density at radius 2 is 1.62 bits per heavy atom. The molecule has 2 rings (SSSR count). The van der Waals surface area contributed by atoms with E-state index in [0.717, 1.165) is 11.1 Å². The van der Waals surface area contributed by atoms with Crippen LogP contribution in [0.2, 0.25) is 0 Å². The summed E-state index contributed by atoms with van der Waals surface area (Å²) in [4.78, 5) is 23.6. The first-order valence-corrected chi connectivity index (χ1v) is 9.64. The number of esters is 1. The number of carbonyl (C=O) groups is 2. The first kappa shape index (κ1) is 22.1. The summed E-state index contributed by atoms with van der Waals surface area (Å²) >= 11 is 0. The zero-order valence-corrected chi connectivity index (χ0v) is 17.1. The highest BCUT2D eigenvalue weighted by Crippen LogP contribution is 2.28. The smallest absolute Gasteiger partial charge is 0.338 e. The molecule has 0 saturated heterocycles. The highest BCUT2D eigenvalue weighted by molar-refractivity contribution is 5.89. The maximum absolute atomic E-state index is 12.0. The average Bonchev–Trinajstić information content (AvgIpc) is 2.74. The second-order valence-electron chi connectivity index (χ2n) is 6.20. The molecule has 7 nitrogen and oxygen atoms in total. The summed E-state index contributed by atoms with van der Waals surface area (Å²) in [5, 5.41) is 5.63. The SMILES string of the molecule is CCOC(=O)c1ccc(CNC(=O)NCCc2ccc(OCC)c(OC)c2)cc1. The van der Waals surface area contributed by atoms with Crippen molar-refractivity contribution in [3.8, 4) is 11.5 Å². The molecule has 156 valence electrons. The van der Waals surface area contributed by atoms with Crippen LogP contribution in [-0.4, -0.2) is 38.9 Å². The molecule has 2 aromatic carbocycles. The van der Waals surface area contributed by atoms with Crippen LogP contribution in [0.1, 0.15) is 35.3 Å². The molecule has 0 aliphatic carbocycles. The van der Waals surface area contributed by atoms with Crippen LogP contribution in [0, 0.1) is 0 Å². The van der Waals surface area contributed by atoms with Crippen LogP contribution in [0.4, 0.5) is 4.79 Å². The van der Waals surface area contributed by atoms with Gasteiger partial charge in [0.1, 0.15) is 0 Å². The topological polar surface area (TPSA) is 85.9 Å². The molecule has 29 heavy (non-hydrogen) atoms. The van der Waals surface area contributed by atoms with E-state index in [1.807, 2.05) is 25.1 Å². The van der Waals surface area contributed by atoms with Gasteiger partial charge in [0.2, 0.25) is 0 Å². The van der Waals surface area contributed by atoms with Crippen molar-refractivity contribution in [2.45, 2.75) is 26.8 Å². The van der Waals surface area contributed by atoms with Gasteiger partial charge in [-0.05, 0) is 55.7 Å². The minimum atomic E-state index is -0.351. The molecule has 0 radical (unpaired) electrons. The normalized spacial score (nSPS) is 10.2. The van der Waals surface area contributed by atoms with E-state index in [1.54, 1.807) is 38.3 Å². The minimum absolute atomic E-state index is 0.252. The summed E-state index contributed by atoms with van der Waals surface area (Å²) in [6.07, 6.45) is 0.671. The molecule has 0 saturated carbocycles. The van der Waals surface area contributed by atoms with Crippen LogP contribution < -0.4 is 20.1 Å². The third kappa shape index (κ3) is 7.03. The molecule has 0 aliphatic heterocycles. The number of urea groups is 1. The van der Waals surface area contributed by atoms with Crippen molar-refractivity contribution >= 4 is 12.0 Å². The molecular formula is C22H28N2O5. The molecule has 0 fully saturated rings. The van der Waals surface area contributed by atoms with Crippen LogP contribution in [0.3, 0.4) is 0 Å². The fourth-order valence-electron chi connectivity index (χ4n) is 2.68. The lowest BCUT2D eigenvalue weighted by atomic mass is 10.1. The molecular weight excluding hydrogens is 372 g/mol. The van der Waals surface area contributed by atoms with E-state index in [4.69, 9.17) is 14.2 Å². The van der Waals surface area contributed by atoms with Crippen molar-refractivity contribution in [3.05, 3.63) is 59.2 Å². The van der Waals surface area contributed by atoms with Crippen LogP contribution in [0.25, 0.3) is 0 Å². The maximum Gasteiger partial charge on any atom is 0.338 e. The van der Waals surface area contributed by atoms with Gasteiger partial charge in [0.25, 0.3) is 0 Å². The molecule has 0 unspecified atom stereocenters. The van der Waals surface area contributed by atoms with Gasteiger partial charge in [0.05, 0.1) is 25.9 Å². The summed E-state index contributed by atoms with van der Waals surface area (Å²) in [6.45, 7) is 5.46. The molecule has 0 atom stereocenters. The third-order valence-electron chi connectivity index (χ3n) is 4.15. The first-order chi connectivity index (χ1) is 14.1. The number of hydrogen-bond donors (Lipinski definition) is 2. The number of hydrogen-bond acceptors (Lipinski definition) is 5. The quantitative estimate of drug-likeness (QED) is 0.598. The van der Waals surface area contributed by atoms with E-state index in [0.29, 0.717) is 49.8 Å². The van der Waals surface area contributed by atoms with Crippen LogP contribution in [0.15, 0.2) is 42.5 Å². The van der Waals surface area contributed by atoms with Crippen molar-refractivity contribution in [2.75, 3.05) is 26.9 Å².